The molecule has 8 nitrogen and oxygen atoms in total. The number of amides is 1. The molecule has 1 atom stereocenters. The van der Waals surface area contributed by atoms with Gasteiger partial charge in [-0.1, -0.05) is 6.08 Å². The molecule has 0 bridgehead atoms. The summed E-state index contributed by atoms with van der Waals surface area (Å²) in [5.74, 6) is 1.80. The third-order valence-electron chi connectivity index (χ3n) is 6.57. The Hall–Kier alpha value is -3.57. The Bertz CT molecular complexity index is 1090. The zero-order valence-electron chi connectivity index (χ0n) is 19.1. The van der Waals surface area contributed by atoms with Crippen LogP contribution in [0.15, 0.2) is 66.4 Å². The Labute approximate surface area is 199 Å². The maximum absolute atomic E-state index is 12.9. The second-order valence-corrected chi connectivity index (χ2v) is 8.83. The first-order valence-corrected chi connectivity index (χ1v) is 11.8. The van der Waals surface area contributed by atoms with Gasteiger partial charge in [0.05, 0.1) is 30.2 Å². The maximum atomic E-state index is 12.9. The minimum atomic E-state index is -0.0381. The van der Waals surface area contributed by atoms with Gasteiger partial charge < -0.3 is 24.0 Å². The predicted octanol–water partition coefficient (Wildman–Crippen LogP) is 3.75. The van der Waals surface area contributed by atoms with Gasteiger partial charge in [-0.25, -0.2) is 0 Å². The number of nitriles is 1. The molecule has 4 aliphatic rings. The maximum Gasteiger partial charge on any atom is 0.225 e. The molecule has 1 aromatic rings. The van der Waals surface area contributed by atoms with Crippen LogP contribution in [0.3, 0.4) is 0 Å². The number of pyridine rings is 1. The lowest BCUT2D eigenvalue weighted by Gasteiger charge is -2.27. The Morgan fingerprint density at radius 2 is 2.12 bits per heavy atom. The number of hydrogen-bond donors (Lipinski definition) is 0. The van der Waals surface area contributed by atoms with E-state index in [1.54, 1.807) is 24.7 Å². The van der Waals surface area contributed by atoms with Crippen LogP contribution in [-0.2, 0) is 19.0 Å². The van der Waals surface area contributed by atoms with Crippen LogP contribution in [0.5, 0.6) is 0 Å². The number of likely N-dealkylation sites (tertiary alicyclic amines) is 1. The van der Waals surface area contributed by atoms with E-state index in [1.807, 2.05) is 22.1 Å². The Morgan fingerprint density at radius 3 is 2.97 bits per heavy atom. The number of carbonyl (C=O) groups is 1. The van der Waals surface area contributed by atoms with Crippen molar-refractivity contribution in [2.45, 2.75) is 38.2 Å². The van der Waals surface area contributed by atoms with Crippen molar-refractivity contribution in [3.05, 3.63) is 71.9 Å². The first-order chi connectivity index (χ1) is 16.7. The Balaban J connectivity index is 1.30. The molecule has 0 saturated carbocycles. The summed E-state index contributed by atoms with van der Waals surface area (Å²) in [4.78, 5) is 20.9. The zero-order valence-corrected chi connectivity index (χ0v) is 19.1. The number of rotatable bonds is 5. The number of allylic oxidation sites excluding steroid dienone is 3. The molecule has 4 heterocycles. The first kappa shape index (κ1) is 22.2. The number of aromatic nitrogens is 1. The van der Waals surface area contributed by atoms with Crippen LogP contribution in [0, 0.1) is 17.2 Å². The van der Waals surface area contributed by atoms with Crippen molar-refractivity contribution < 1.29 is 19.0 Å². The van der Waals surface area contributed by atoms with Crippen LogP contribution >= 0.6 is 0 Å². The summed E-state index contributed by atoms with van der Waals surface area (Å²) < 4.78 is 17.7. The second-order valence-electron chi connectivity index (χ2n) is 8.83. The molecule has 0 N–H and O–H groups in total. The number of anilines is 1. The molecule has 0 radical (unpaired) electrons. The molecule has 176 valence electrons. The Morgan fingerprint density at radius 1 is 1.24 bits per heavy atom. The summed E-state index contributed by atoms with van der Waals surface area (Å²) in [7, 11) is 0. The van der Waals surface area contributed by atoms with E-state index in [1.165, 1.54) is 6.20 Å². The fourth-order valence-electron chi connectivity index (χ4n) is 4.71. The number of carbonyl (C=O) groups excluding carboxylic acids is 1. The van der Waals surface area contributed by atoms with Crippen LogP contribution in [0.1, 0.15) is 37.7 Å². The van der Waals surface area contributed by atoms with Gasteiger partial charge in [0, 0.05) is 50.1 Å². The van der Waals surface area contributed by atoms with Crippen molar-refractivity contribution in [3.8, 4) is 6.07 Å². The summed E-state index contributed by atoms with van der Waals surface area (Å²) in [6, 6.07) is 3.91. The normalized spacial score (nSPS) is 22.9. The van der Waals surface area contributed by atoms with Crippen molar-refractivity contribution in [1.82, 2.24) is 9.88 Å². The highest BCUT2D eigenvalue weighted by atomic mass is 16.5. The molecule has 0 aromatic carbocycles. The molecule has 1 aliphatic carbocycles. The first-order valence-electron chi connectivity index (χ1n) is 11.8. The molecule has 3 aliphatic heterocycles. The van der Waals surface area contributed by atoms with Gasteiger partial charge in [-0.15, -0.1) is 0 Å². The fourth-order valence-corrected chi connectivity index (χ4v) is 4.71. The fraction of sp³-hybridized carbons (Fsp3) is 0.423. The molecule has 2 saturated heterocycles. The van der Waals surface area contributed by atoms with E-state index in [9.17, 15) is 10.1 Å². The quantitative estimate of drug-likeness (QED) is 0.661. The molecule has 1 amide bonds. The molecule has 0 unspecified atom stereocenters. The van der Waals surface area contributed by atoms with E-state index < -0.39 is 0 Å². The molecule has 1 aromatic heterocycles. The van der Waals surface area contributed by atoms with Gasteiger partial charge in [0.1, 0.15) is 30.0 Å². The molecule has 5 rings (SSSR count). The lowest BCUT2D eigenvalue weighted by molar-refractivity contribution is -0.137. The lowest BCUT2D eigenvalue weighted by Crippen LogP contribution is -2.37. The standard InChI is InChI=1S/C26H28N4O4/c27-14-19-13-21(16-28-15-19)29-9-12-33-25(18-29)23-3-1-2-4-24(23)34-22-5-8-30(17-22)26(31)20-6-10-32-11-7-20/h2,4,9,12-13,15-16,18,20,22H,1,3,5-8,10-11,17H2/t22-/m0/s1. The van der Waals surface area contributed by atoms with Crippen molar-refractivity contribution in [1.29, 1.82) is 5.26 Å². The molecule has 0 spiro atoms. The Kier molecular flexibility index (Phi) is 6.63. The average Bonchev–Trinajstić information content (AvgIpc) is 3.37. The summed E-state index contributed by atoms with van der Waals surface area (Å²) in [5.41, 5.74) is 2.27. The van der Waals surface area contributed by atoms with Crippen LogP contribution < -0.4 is 4.90 Å². The number of nitrogens with zero attached hydrogens (tertiary/aromatic N) is 4. The topological polar surface area (TPSA) is 87.9 Å². The molecule has 2 fully saturated rings. The highest BCUT2D eigenvalue weighted by Gasteiger charge is 2.33. The number of hydrogen-bond acceptors (Lipinski definition) is 7. The van der Waals surface area contributed by atoms with Crippen LogP contribution in [0.2, 0.25) is 0 Å². The zero-order chi connectivity index (χ0) is 23.3. The van der Waals surface area contributed by atoms with Crippen molar-refractivity contribution in [2.75, 3.05) is 31.2 Å². The van der Waals surface area contributed by atoms with Crippen LogP contribution in [0.4, 0.5) is 5.69 Å². The smallest absolute Gasteiger partial charge is 0.225 e. The van der Waals surface area contributed by atoms with Gasteiger partial charge in [-0.2, -0.15) is 5.26 Å². The van der Waals surface area contributed by atoms with Crippen LogP contribution in [-0.4, -0.2) is 48.2 Å². The highest BCUT2D eigenvalue weighted by Crippen LogP contribution is 2.32. The van der Waals surface area contributed by atoms with E-state index >= 15 is 0 Å². The van der Waals surface area contributed by atoms with Crippen molar-refractivity contribution in [2.24, 2.45) is 5.92 Å². The van der Waals surface area contributed by atoms with Gasteiger partial charge in [-0.05, 0) is 37.8 Å². The van der Waals surface area contributed by atoms with Crippen molar-refractivity contribution in [3.63, 3.8) is 0 Å². The third kappa shape index (κ3) is 4.85. The predicted molar refractivity (Wildman–Crippen MR) is 125 cm³/mol. The van der Waals surface area contributed by atoms with E-state index in [2.05, 4.69) is 17.1 Å². The van der Waals surface area contributed by atoms with Gasteiger partial charge in [0.2, 0.25) is 5.91 Å². The second kappa shape index (κ2) is 10.1. The average molecular weight is 461 g/mol. The molecule has 8 heteroatoms. The van der Waals surface area contributed by atoms with E-state index in [-0.39, 0.29) is 17.9 Å². The van der Waals surface area contributed by atoms with Gasteiger partial charge in [0.25, 0.3) is 0 Å². The summed E-state index contributed by atoms with van der Waals surface area (Å²) in [6.45, 7) is 2.68. The SMILES string of the molecule is N#Cc1cncc(N2C=COC(C3=C(O[C@H]4CCN(C(=O)C5CCOCC5)C4)C=CCC3)=C2)c1. The van der Waals surface area contributed by atoms with Crippen LogP contribution in [0.25, 0.3) is 0 Å². The van der Waals surface area contributed by atoms with E-state index in [0.29, 0.717) is 31.1 Å². The van der Waals surface area contributed by atoms with E-state index in [0.717, 1.165) is 55.7 Å². The number of ether oxygens (including phenoxy) is 3. The summed E-state index contributed by atoms with van der Waals surface area (Å²) >= 11 is 0. The van der Waals surface area contributed by atoms with Gasteiger partial charge in [0.15, 0.2) is 0 Å². The van der Waals surface area contributed by atoms with Crippen molar-refractivity contribution >= 4 is 11.6 Å². The molecular formula is C26H28N4O4. The minimum Gasteiger partial charge on any atom is -0.488 e. The monoisotopic (exact) mass is 460 g/mol. The molecular weight excluding hydrogens is 432 g/mol. The summed E-state index contributed by atoms with van der Waals surface area (Å²) in [5, 5.41) is 9.19. The van der Waals surface area contributed by atoms with Gasteiger partial charge in [-0.3, -0.25) is 9.78 Å². The van der Waals surface area contributed by atoms with Gasteiger partial charge >= 0.3 is 0 Å². The lowest BCUT2D eigenvalue weighted by atomic mass is 9.99. The summed E-state index contributed by atoms with van der Waals surface area (Å²) in [6.07, 6.45) is 16.8. The largest absolute Gasteiger partial charge is 0.488 e. The molecule has 34 heavy (non-hydrogen) atoms. The van der Waals surface area contributed by atoms with E-state index in [4.69, 9.17) is 14.2 Å². The minimum absolute atomic E-state index is 0.0381. The third-order valence-corrected chi connectivity index (χ3v) is 6.57. The highest BCUT2D eigenvalue weighted by molar-refractivity contribution is 5.79.